The number of hydrogen-bond donors (Lipinski definition) is 1. The molecule has 16 heavy (non-hydrogen) atoms. The van der Waals surface area contributed by atoms with E-state index in [4.69, 9.17) is 0 Å². The predicted molar refractivity (Wildman–Crippen MR) is 68.5 cm³/mol. The zero-order chi connectivity index (χ0) is 11.4. The van der Waals surface area contributed by atoms with Crippen molar-refractivity contribution >= 4 is 0 Å². The van der Waals surface area contributed by atoms with Crippen LogP contribution in [0.3, 0.4) is 0 Å². The Hall–Kier alpha value is -0.860. The monoisotopic (exact) mass is 218 g/mol. The lowest BCUT2D eigenvalue weighted by atomic mass is 10.1. The second kappa shape index (κ2) is 5.46. The summed E-state index contributed by atoms with van der Waals surface area (Å²) in [6, 6.07) is 9.47. The molecule has 0 radical (unpaired) electrons. The summed E-state index contributed by atoms with van der Waals surface area (Å²) in [6.07, 6.45) is 2.70. The molecule has 0 amide bonds. The zero-order valence-corrected chi connectivity index (χ0v) is 10.4. The second-order valence-electron chi connectivity index (χ2n) is 4.90. The van der Waals surface area contributed by atoms with Crippen molar-refractivity contribution in [2.24, 2.45) is 0 Å². The Kier molecular flexibility index (Phi) is 3.97. The Labute approximate surface area is 98.7 Å². The van der Waals surface area contributed by atoms with E-state index in [1.54, 1.807) is 0 Å². The van der Waals surface area contributed by atoms with Crippen LogP contribution in [0.4, 0.5) is 0 Å². The van der Waals surface area contributed by atoms with Crippen molar-refractivity contribution in [3.63, 3.8) is 0 Å². The highest BCUT2D eigenvalue weighted by Crippen LogP contribution is 2.13. The Morgan fingerprint density at radius 2 is 2.31 bits per heavy atom. The van der Waals surface area contributed by atoms with Gasteiger partial charge in [-0.15, -0.1) is 0 Å². The van der Waals surface area contributed by atoms with E-state index in [-0.39, 0.29) is 0 Å². The number of benzene rings is 1. The molecule has 1 aliphatic heterocycles. The molecule has 0 aliphatic carbocycles. The van der Waals surface area contributed by atoms with Crippen molar-refractivity contribution in [1.29, 1.82) is 0 Å². The van der Waals surface area contributed by atoms with E-state index < -0.39 is 0 Å². The van der Waals surface area contributed by atoms with Gasteiger partial charge in [0.25, 0.3) is 0 Å². The molecule has 88 valence electrons. The van der Waals surface area contributed by atoms with Crippen molar-refractivity contribution in [2.45, 2.75) is 32.4 Å². The fourth-order valence-electron chi connectivity index (χ4n) is 2.44. The minimum Gasteiger partial charge on any atom is -0.311 e. The highest BCUT2D eigenvalue weighted by atomic mass is 15.2. The van der Waals surface area contributed by atoms with Crippen molar-refractivity contribution in [3.05, 3.63) is 35.4 Å². The fraction of sp³-hybridized carbons (Fsp3) is 0.571. The number of hydrogen-bond acceptors (Lipinski definition) is 2. The lowest BCUT2D eigenvalue weighted by molar-refractivity contribution is 0.300. The topological polar surface area (TPSA) is 15.3 Å². The molecule has 1 aromatic carbocycles. The summed E-state index contributed by atoms with van der Waals surface area (Å²) in [7, 11) is 2.23. The van der Waals surface area contributed by atoms with E-state index in [0.29, 0.717) is 0 Å². The standard InChI is InChI=1S/C14H22N2/c1-12-5-3-6-13(9-12)10-15-11-14-7-4-8-16(14)2/h3,5-6,9,14-15H,4,7-8,10-11H2,1-2H3. The van der Waals surface area contributed by atoms with Gasteiger partial charge >= 0.3 is 0 Å². The van der Waals surface area contributed by atoms with Gasteiger partial charge in [-0.1, -0.05) is 29.8 Å². The van der Waals surface area contributed by atoms with Gasteiger partial charge in [-0.2, -0.15) is 0 Å². The van der Waals surface area contributed by atoms with Crippen LogP contribution in [0.2, 0.25) is 0 Å². The number of likely N-dealkylation sites (tertiary alicyclic amines) is 1. The van der Waals surface area contributed by atoms with Gasteiger partial charge in [-0.3, -0.25) is 0 Å². The molecule has 1 atom stereocenters. The maximum Gasteiger partial charge on any atom is 0.0218 e. The summed E-state index contributed by atoms with van der Waals surface area (Å²) in [4.78, 5) is 2.46. The van der Waals surface area contributed by atoms with E-state index in [0.717, 1.165) is 19.1 Å². The van der Waals surface area contributed by atoms with Crippen molar-refractivity contribution in [3.8, 4) is 0 Å². The van der Waals surface area contributed by atoms with E-state index in [9.17, 15) is 0 Å². The van der Waals surface area contributed by atoms with Gasteiger partial charge in [0.2, 0.25) is 0 Å². The highest BCUT2D eigenvalue weighted by Gasteiger charge is 2.19. The van der Waals surface area contributed by atoms with Crippen LogP contribution in [0.15, 0.2) is 24.3 Å². The third-order valence-electron chi connectivity index (χ3n) is 3.46. The Balaban J connectivity index is 1.75. The fourth-order valence-corrected chi connectivity index (χ4v) is 2.44. The molecule has 2 nitrogen and oxygen atoms in total. The van der Waals surface area contributed by atoms with Crippen molar-refractivity contribution in [1.82, 2.24) is 10.2 Å². The third kappa shape index (κ3) is 3.06. The van der Waals surface area contributed by atoms with E-state index in [1.807, 2.05) is 0 Å². The quantitative estimate of drug-likeness (QED) is 0.833. The lowest BCUT2D eigenvalue weighted by Gasteiger charge is -2.19. The van der Waals surface area contributed by atoms with Crippen LogP contribution >= 0.6 is 0 Å². The molecule has 2 heteroatoms. The van der Waals surface area contributed by atoms with Gasteiger partial charge in [-0.25, -0.2) is 0 Å². The lowest BCUT2D eigenvalue weighted by Crippen LogP contribution is -2.35. The van der Waals surface area contributed by atoms with Gasteiger partial charge < -0.3 is 10.2 Å². The summed E-state index contributed by atoms with van der Waals surface area (Å²) in [5.74, 6) is 0. The molecule has 1 fully saturated rings. The molecule has 1 saturated heterocycles. The Bertz CT molecular complexity index is 335. The average Bonchev–Trinajstić information content (AvgIpc) is 2.65. The smallest absolute Gasteiger partial charge is 0.0218 e. The first-order valence-electron chi connectivity index (χ1n) is 6.22. The first-order chi connectivity index (χ1) is 7.75. The molecular weight excluding hydrogens is 196 g/mol. The summed E-state index contributed by atoms with van der Waals surface area (Å²) < 4.78 is 0. The van der Waals surface area contributed by atoms with Gasteiger partial charge in [0.05, 0.1) is 0 Å². The van der Waals surface area contributed by atoms with Crippen LogP contribution < -0.4 is 5.32 Å². The van der Waals surface area contributed by atoms with Gasteiger partial charge in [0.15, 0.2) is 0 Å². The maximum absolute atomic E-state index is 3.56. The summed E-state index contributed by atoms with van der Waals surface area (Å²) >= 11 is 0. The van der Waals surface area contributed by atoms with Crippen LogP contribution in [-0.4, -0.2) is 31.1 Å². The molecule has 1 heterocycles. The molecule has 0 bridgehead atoms. The van der Waals surface area contributed by atoms with E-state index in [1.165, 1.54) is 30.5 Å². The molecule has 0 spiro atoms. The number of likely N-dealkylation sites (N-methyl/N-ethyl adjacent to an activating group) is 1. The van der Waals surface area contributed by atoms with Crippen molar-refractivity contribution in [2.75, 3.05) is 20.1 Å². The second-order valence-corrected chi connectivity index (χ2v) is 4.90. The van der Waals surface area contributed by atoms with Crippen LogP contribution in [-0.2, 0) is 6.54 Å². The number of rotatable bonds is 4. The molecule has 0 aromatic heterocycles. The third-order valence-corrected chi connectivity index (χ3v) is 3.46. The molecule has 2 rings (SSSR count). The Morgan fingerprint density at radius 3 is 3.00 bits per heavy atom. The first-order valence-corrected chi connectivity index (χ1v) is 6.22. The van der Waals surface area contributed by atoms with Crippen LogP contribution in [0, 0.1) is 6.92 Å². The van der Waals surface area contributed by atoms with Crippen LogP contribution in [0.25, 0.3) is 0 Å². The van der Waals surface area contributed by atoms with Gasteiger partial charge in [0.1, 0.15) is 0 Å². The summed E-state index contributed by atoms with van der Waals surface area (Å²) in [6.45, 7) is 5.52. The first kappa shape index (κ1) is 11.6. The van der Waals surface area contributed by atoms with E-state index in [2.05, 4.69) is 48.5 Å². The van der Waals surface area contributed by atoms with Crippen LogP contribution in [0.5, 0.6) is 0 Å². The Morgan fingerprint density at radius 1 is 1.44 bits per heavy atom. The number of aryl methyl sites for hydroxylation is 1. The molecule has 1 unspecified atom stereocenters. The largest absolute Gasteiger partial charge is 0.311 e. The molecular formula is C14H22N2. The normalized spacial score (nSPS) is 21.5. The predicted octanol–water partition coefficient (Wildman–Crippen LogP) is 2.18. The van der Waals surface area contributed by atoms with E-state index >= 15 is 0 Å². The van der Waals surface area contributed by atoms with Crippen LogP contribution in [0.1, 0.15) is 24.0 Å². The molecule has 0 saturated carbocycles. The minimum atomic E-state index is 0.741. The number of nitrogens with zero attached hydrogens (tertiary/aromatic N) is 1. The molecule has 1 N–H and O–H groups in total. The highest BCUT2D eigenvalue weighted by molar-refractivity contribution is 5.21. The summed E-state index contributed by atoms with van der Waals surface area (Å²) in [5, 5.41) is 3.56. The van der Waals surface area contributed by atoms with Gasteiger partial charge in [-0.05, 0) is 38.9 Å². The number of nitrogens with one attached hydrogen (secondary N) is 1. The summed E-state index contributed by atoms with van der Waals surface area (Å²) in [5.41, 5.74) is 2.73. The minimum absolute atomic E-state index is 0.741. The SMILES string of the molecule is Cc1cccc(CNCC2CCCN2C)c1. The van der Waals surface area contributed by atoms with Crippen molar-refractivity contribution < 1.29 is 0 Å². The molecule has 1 aliphatic rings. The maximum atomic E-state index is 3.56. The zero-order valence-electron chi connectivity index (χ0n) is 10.4. The van der Waals surface area contributed by atoms with Gasteiger partial charge in [0, 0.05) is 19.1 Å². The molecule has 1 aromatic rings. The average molecular weight is 218 g/mol.